The van der Waals surface area contributed by atoms with Crippen LogP contribution >= 0.6 is 0 Å². The van der Waals surface area contributed by atoms with Gasteiger partial charge in [0, 0.05) is 13.0 Å². The first-order valence-electron chi connectivity index (χ1n) is 7.34. The molecular weight excluding hydrogens is 270 g/mol. The molecule has 5 heteroatoms. The summed E-state index contributed by atoms with van der Waals surface area (Å²) in [6, 6.07) is 9.26. The third-order valence-corrected chi connectivity index (χ3v) is 3.05. The lowest BCUT2D eigenvalue weighted by atomic mass is 10.2. The van der Waals surface area contributed by atoms with Crippen molar-refractivity contribution in [2.24, 2.45) is 0 Å². The first-order valence-corrected chi connectivity index (χ1v) is 7.34. The number of carbonyl (C=O) groups is 2. The average molecular weight is 293 g/mol. The summed E-state index contributed by atoms with van der Waals surface area (Å²) in [7, 11) is 0. The molecule has 116 valence electrons. The summed E-state index contributed by atoms with van der Waals surface area (Å²) in [5.74, 6) is -0.220. The van der Waals surface area contributed by atoms with Crippen LogP contribution in [0.4, 0.5) is 0 Å². The molecule has 0 radical (unpaired) electrons. The topological polar surface area (TPSA) is 75.6 Å². The van der Waals surface area contributed by atoms with E-state index >= 15 is 0 Å². The number of rotatable bonds is 10. The minimum Gasteiger partial charge on any atom is -0.481 e. The summed E-state index contributed by atoms with van der Waals surface area (Å²) in [6.45, 7) is 2.45. The third kappa shape index (κ3) is 7.34. The molecule has 0 saturated carbocycles. The van der Waals surface area contributed by atoms with Crippen molar-refractivity contribution in [3.05, 3.63) is 30.3 Å². The van der Waals surface area contributed by atoms with Gasteiger partial charge in [0.15, 0.2) is 6.10 Å². The zero-order valence-corrected chi connectivity index (χ0v) is 12.4. The van der Waals surface area contributed by atoms with Crippen molar-refractivity contribution >= 4 is 11.9 Å². The molecule has 1 unspecified atom stereocenters. The van der Waals surface area contributed by atoms with Crippen LogP contribution in [-0.4, -0.2) is 29.6 Å². The molecule has 0 aliphatic rings. The van der Waals surface area contributed by atoms with E-state index in [0.717, 1.165) is 12.8 Å². The van der Waals surface area contributed by atoms with Crippen molar-refractivity contribution in [1.29, 1.82) is 0 Å². The summed E-state index contributed by atoms with van der Waals surface area (Å²) in [4.78, 5) is 22.3. The second-order valence-corrected chi connectivity index (χ2v) is 4.82. The number of para-hydroxylation sites is 1. The Morgan fingerprint density at radius 2 is 1.90 bits per heavy atom. The van der Waals surface area contributed by atoms with Crippen LogP contribution in [0.5, 0.6) is 5.75 Å². The number of unbranched alkanes of at least 4 members (excludes halogenated alkanes) is 2. The molecule has 0 saturated heterocycles. The number of carbonyl (C=O) groups excluding carboxylic acids is 1. The largest absolute Gasteiger partial charge is 0.481 e. The molecule has 1 atom stereocenters. The van der Waals surface area contributed by atoms with Gasteiger partial charge in [-0.2, -0.15) is 0 Å². The van der Waals surface area contributed by atoms with Gasteiger partial charge in [0.05, 0.1) is 0 Å². The van der Waals surface area contributed by atoms with Crippen LogP contribution in [0.2, 0.25) is 0 Å². The molecule has 1 aromatic carbocycles. The number of ether oxygens (including phenoxy) is 1. The number of carboxylic acid groups (broad SMARTS) is 1. The van der Waals surface area contributed by atoms with Crippen LogP contribution in [0.3, 0.4) is 0 Å². The van der Waals surface area contributed by atoms with Crippen LogP contribution < -0.4 is 10.1 Å². The van der Waals surface area contributed by atoms with Gasteiger partial charge < -0.3 is 15.2 Å². The molecule has 5 nitrogen and oxygen atoms in total. The van der Waals surface area contributed by atoms with Gasteiger partial charge in [-0.15, -0.1) is 0 Å². The van der Waals surface area contributed by atoms with Gasteiger partial charge in [-0.1, -0.05) is 31.5 Å². The van der Waals surface area contributed by atoms with Crippen LogP contribution in [0, 0.1) is 0 Å². The highest BCUT2D eigenvalue weighted by molar-refractivity contribution is 5.81. The van der Waals surface area contributed by atoms with Crippen molar-refractivity contribution in [1.82, 2.24) is 5.32 Å². The molecule has 0 heterocycles. The van der Waals surface area contributed by atoms with Crippen LogP contribution in [0.1, 0.15) is 39.0 Å². The Morgan fingerprint density at radius 1 is 1.19 bits per heavy atom. The van der Waals surface area contributed by atoms with E-state index in [-0.39, 0.29) is 12.3 Å². The predicted octanol–water partition coefficient (Wildman–Crippen LogP) is 2.61. The molecule has 0 spiro atoms. The van der Waals surface area contributed by atoms with Crippen molar-refractivity contribution in [2.75, 3.05) is 6.54 Å². The second-order valence-electron chi connectivity index (χ2n) is 4.82. The fourth-order valence-corrected chi connectivity index (χ4v) is 1.89. The molecule has 1 rings (SSSR count). The Morgan fingerprint density at radius 3 is 2.52 bits per heavy atom. The summed E-state index contributed by atoms with van der Waals surface area (Å²) >= 11 is 0. The molecule has 21 heavy (non-hydrogen) atoms. The molecule has 1 aromatic rings. The fraction of sp³-hybridized carbons (Fsp3) is 0.500. The lowest BCUT2D eigenvalue weighted by Gasteiger charge is -2.17. The predicted molar refractivity (Wildman–Crippen MR) is 80.3 cm³/mol. The number of hydrogen-bond acceptors (Lipinski definition) is 3. The monoisotopic (exact) mass is 293 g/mol. The van der Waals surface area contributed by atoms with Crippen molar-refractivity contribution < 1.29 is 19.4 Å². The standard InChI is InChI=1S/C16H23NO4/c1-2-14(21-13-9-5-3-6-10-13)16(20)17-12-8-4-7-11-15(18)19/h3,5-6,9-10,14H,2,4,7-8,11-12H2,1H3,(H,17,20)(H,18,19). The van der Waals surface area contributed by atoms with Gasteiger partial charge in [0.25, 0.3) is 5.91 Å². The quantitative estimate of drug-likeness (QED) is 0.650. The van der Waals surface area contributed by atoms with E-state index in [1.165, 1.54) is 0 Å². The number of amides is 1. The molecule has 0 aromatic heterocycles. The van der Waals surface area contributed by atoms with E-state index in [0.29, 0.717) is 25.1 Å². The normalized spacial score (nSPS) is 11.7. The Kier molecular flexibility index (Phi) is 7.94. The lowest BCUT2D eigenvalue weighted by molar-refractivity contribution is -0.137. The smallest absolute Gasteiger partial charge is 0.303 e. The summed E-state index contributed by atoms with van der Waals surface area (Å²) < 4.78 is 5.65. The highest BCUT2D eigenvalue weighted by Gasteiger charge is 2.17. The van der Waals surface area contributed by atoms with Crippen LogP contribution in [0.25, 0.3) is 0 Å². The number of hydrogen-bond donors (Lipinski definition) is 2. The third-order valence-electron chi connectivity index (χ3n) is 3.05. The second kappa shape index (κ2) is 9.80. The van der Waals surface area contributed by atoms with Crippen LogP contribution in [-0.2, 0) is 9.59 Å². The summed E-state index contributed by atoms with van der Waals surface area (Å²) in [5, 5.41) is 11.3. The zero-order valence-electron chi connectivity index (χ0n) is 12.4. The van der Waals surface area contributed by atoms with Gasteiger partial charge >= 0.3 is 5.97 Å². The molecular formula is C16H23NO4. The minimum absolute atomic E-state index is 0.125. The Labute approximate surface area is 125 Å². The molecule has 0 bridgehead atoms. The number of carboxylic acids is 1. The van der Waals surface area contributed by atoms with Gasteiger partial charge in [0.2, 0.25) is 0 Å². The van der Waals surface area contributed by atoms with E-state index in [1.54, 1.807) is 0 Å². The molecule has 0 aliphatic heterocycles. The Hall–Kier alpha value is -2.04. The fourth-order valence-electron chi connectivity index (χ4n) is 1.89. The lowest BCUT2D eigenvalue weighted by Crippen LogP contribution is -2.38. The van der Waals surface area contributed by atoms with Crippen molar-refractivity contribution in [3.8, 4) is 5.75 Å². The maximum atomic E-state index is 12.0. The van der Waals surface area contributed by atoms with Gasteiger partial charge in [-0.3, -0.25) is 9.59 Å². The SMILES string of the molecule is CCC(Oc1ccccc1)C(=O)NCCCCCC(=O)O. The first kappa shape index (κ1) is 17.0. The molecule has 2 N–H and O–H groups in total. The number of benzene rings is 1. The highest BCUT2D eigenvalue weighted by Crippen LogP contribution is 2.12. The van der Waals surface area contributed by atoms with E-state index < -0.39 is 12.1 Å². The molecule has 0 fully saturated rings. The van der Waals surface area contributed by atoms with E-state index in [9.17, 15) is 9.59 Å². The Bertz CT molecular complexity index is 433. The maximum absolute atomic E-state index is 12.0. The minimum atomic E-state index is -0.777. The van der Waals surface area contributed by atoms with E-state index in [2.05, 4.69) is 5.32 Å². The number of nitrogens with one attached hydrogen (secondary N) is 1. The Balaban J connectivity index is 2.24. The van der Waals surface area contributed by atoms with E-state index in [4.69, 9.17) is 9.84 Å². The average Bonchev–Trinajstić information content (AvgIpc) is 2.48. The van der Waals surface area contributed by atoms with Gasteiger partial charge in [0.1, 0.15) is 5.75 Å². The van der Waals surface area contributed by atoms with Crippen LogP contribution in [0.15, 0.2) is 30.3 Å². The van der Waals surface area contributed by atoms with Gasteiger partial charge in [-0.05, 0) is 31.4 Å². The molecule has 0 aliphatic carbocycles. The highest BCUT2D eigenvalue weighted by atomic mass is 16.5. The maximum Gasteiger partial charge on any atom is 0.303 e. The first-order chi connectivity index (χ1) is 10.1. The van der Waals surface area contributed by atoms with Crippen molar-refractivity contribution in [3.63, 3.8) is 0 Å². The van der Waals surface area contributed by atoms with E-state index in [1.807, 2.05) is 37.3 Å². The summed E-state index contributed by atoms with van der Waals surface area (Å²) in [5.41, 5.74) is 0. The zero-order chi connectivity index (χ0) is 15.5. The summed E-state index contributed by atoms with van der Waals surface area (Å²) in [6.07, 6.45) is 2.50. The van der Waals surface area contributed by atoms with Crippen molar-refractivity contribution in [2.45, 2.75) is 45.1 Å². The number of aliphatic carboxylic acids is 1. The van der Waals surface area contributed by atoms with Gasteiger partial charge in [-0.25, -0.2) is 0 Å². The molecule has 1 amide bonds.